The van der Waals surface area contributed by atoms with E-state index >= 15 is 0 Å². The van der Waals surface area contributed by atoms with E-state index in [0.717, 1.165) is 0 Å². The number of carbonyl (C=O) groups is 4. The number of amides is 1. The lowest BCUT2D eigenvalue weighted by molar-refractivity contribution is -0.173. The van der Waals surface area contributed by atoms with Gasteiger partial charge in [0.2, 0.25) is 5.91 Å². The Balaban J connectivity index is 3.13. The zero-order valence-corrected chi connectivity index (χ0v) is 16.3. The number of carbonyl (C=O) groups excluding carboxylic acids is 4. The van der Waals surface area contributed by atoms with Gasteiger partial charge in [0.25, 0.3) is 0 Å². The van der Waals surface area contributed by atoms with Crippen molar-refractivity contribution in [3.63, 3.8) is 0 Å². The van der Waals surface area contributed by atoms with Crippen LogP contribution in [0.5, 0.6) is 0 Å². The van der Waals surface area contributed by atoms with Crippen LogP contribution >= 0.6 is 11.8 Å². The van der Waals surface area contributed by atoms with Gasteiger partial charge >= 0.3 is 17.9 Å². The number of ether oxygens (including phenoxy) is 4. The summed E-state index contributed by atoms with van der Waals surface area (Å²) in [6.07, 6.45) is -2.79. The number of rotatable bonds is 8. The minimum Gasteiger partial charge on any atom is -0.462 e. The van der Waals surface area contributed by atoms with Crippen molar-refractivity contribution in [3.05, 3.63) is 0 Å². The zero-order valence-electron chi connectivity index (χ0n) is 15.5. The Kier molecular flexibility index (Phi) is 8.86. The van der Waals surface area contributed by atoms with Crippen LogP contribution in [0.4, 0.5) is 0 Å². The van der Waals surface area contributed by atoms with Crippen molar-refractivity contribution >= 4 is 35.6 Å². The predicted octanol–water partition coefficient (Wildman–Crippen LogP) is 0.396. The molecule has 0 bridgehead atoms. The number of esters is 3. The van der Waals surface area contributed by atoms with Crippen LogP contribution < -0.4 is 5.32 Å². The minimum absolute atomic E-state index is 0.256. The van der Waals surface area contributed by atoms with E-state index in [1.807, 2.05) is 6.92 Å². The van der Waals surface area contributed by atoms with Gasteiger partial charge in [0.15, 0.2) is 12.2 Å². The fourth-order valence-electron chi connectivity index (χ4n) is 2.61. The Morgan fingerprint density at radius 3 is 2.19 bits per heavy atom. The Bertz CT molecular complexity index is 540. The van der Waals surface area contributed by atoms with Gasteiger partial charge in [-0.3, -0.25) is 19.2 Å². The zero-order chi connectivity index (χ0) is 19.9. The molecule has 0 aromatic rings. The number of thioether (sulfide) groups is 1. The molecule has 0 aromatic heterocycles. The monoisotopic (exact) mass is 391 g/mol. The first-order valence-corrected chi connectivity index (χ1v) is 9.22. The van der Waals surface area contributed by atoms with E-state index in [-0.39, 0.29) is 12.5 Å². The van der Waals surface area contributed by atoms with Gasteiger partial charge in [-0.15, -0.1) is 11.8 Å². The molecule has 1 N–H and O–H groups in total. The minimum atomic E-state index is -0.987. The first-order valence-electron chi connectivity index (χ1n) is 8.17. The predicted molar refractivity (Wildman–Crippen MR) is 92.1 cm³/mol. The van der Waals surface area contributed by atoms with Crippen molar-refractivity contribution in [1.29, 1.82) is 0 Å². The van der Waals surface area contributed by atoms with Gasteiger partial charge in [0.1, 0.15) is 24.2 Å². The molecule has 0 saturated carbocycles. The highest BCUT2D eigenvalue weighted by molar-refractivity contribution is 7.99. The fraction of sp³-hybridized carbons (Fsp3) is 0.750. The summed E-state index contributed by atoms with van der Waals surface area (Å²) in [5, 5.41) is 2.72. The fourth-order valence-corrected chi connectivity index (χ4v) is 3.57. The molecule has 0 unspecified atom stereocenters. The molecule has 1 rings (SSSR count). The van der Waals surface area contributed by atoms with Crippen molar-refractivity contribution in [2.45, 2.75) is 64.4 Å². The van der Waals surface area contributed by atoms with Gasteiger partial charge < -0.3 is 24.3 Å². The Morgan fingerprint density at radius 1 is 1.08 bits per heavy atom. The van der Waals surface area contributed by atoms with Crippen LogP contribution in [-0.2, 0) is 38.1 Å². The Morgan fingerprint density at radius 2 is 1.73 bits per heavy atom. The summed E-state index contributed by atoms with van der Waals surface area (Å²) in [6.45, 7) is 6.66. The third kappa shape index (κ3) is 6.83. The highest BCUT2D eigenvalue weighted by Gasteiger charge is 2.51. The lowest BCUT2D eigenvalue weighted by atomic mass is 10.0. The second kappa shape index (κ2) is 10.4. The van der Waals surface area contributed by atoms with Crippen molar-refractivity contribution < 1.29 is 38.1 Å². The van der Waals surface area contributed by atoms with E-state index in [9.17, 15) is 19.2 Å². The molecule has 0 spiro atoms. The maximum atomic E-state index is 11.6. The molecule has 9 nitrogen and oxygen atoms in total. The van der Waals surface area contributed by atoms with Crippen molar-refractivity contribution in [2.75, 3.05) is 12.4 Å². The lowest BCUT2D eigenvalue weighted by Gasteiger charge is -2.28. The van der Waals surface area contributed by atoms with Gasteiger partial charge in [-0.05, 0) is 5.75 Å². The van der Waals surface area contributed by atoms with E-state index < -0.39 is 47.7 Å². The molecule has 10 heteroatoms. The molecule has 1 fully saturated rings. The van der Waals surface area contributed by atoms with E-state index in [1.54, 1.807) is 0 Å². The standard InChI is InChI=1S/C16H25NO8S/c1-6-26-16-13(17-8(2)18)15(24-11(5)21)14(25-16)12(23-10(4)20)7-22-9(3)19/h12-16H,6-7H2,1-5H3,(H,17,18)/t12-,13-,14-,15-,16-/m1/s1. The Labute approximate surface area is 156 Å². The molecule has 1 saturated heterocycles. The summed E-state index contributed by atoms with van der Waals surface area (Å²) >= 11 is 1.41. The first-order chi connectivity index (χ1) is 12.1. The summed E-state index contributed by atoms with van der Waals surface area (Å²) in [5.74, 6) is -1.36. The number of nitrogens with one attached hydrogen (secondary N) is 1. The van der Waals surface area contributed by atoms with E-state index in [0.29, 0.717) is 5.75 Å². The lowest BCUT2D eigenvalue weighted by Crippen LogP contribution is -2.51. The average Bonchev–Trinajstić information content (AvgIpc) is 2.80. The maximum Gasteiger partial charge on any atom is 0.303 e. The normalized spacial score (nSPS) is 25.9. The summed E-state index contributed by atoms with van der Waals surface area (Å²) in [6, 6.07) is -0.637. The molecule has 5 atom stereocenters. The molecule has 0 radical (unpaired) electrons. The van der Waals surface area contributed by atoms with E-state index in [4.69, 9.17) is 18.9 Å². The maximum absolute atomic E-state index is 11.6. The number of hydrogen-bond acceptors (Lipinski definition) is 9. The SMILES string of the molecule is CCS[C@H]1O[C@H]([C@@H](COC(C)=O)OC(C)=O)[C@H](OC(C)=O)[C@H]1NC(C)=O. The summed E-state index contributed by atoms with van der Waals surface area (Å²) < 4.78 is 21.5. The third-order valence-electron chi connectivity index (χ3n) is 3.40. The van der Waals surface area contributed by atoms with Crippen molar-refractivity contribution in [2.24, 2.45) is 0 Å². The molecule has 26 heavy (non-hydrogen) atoms. The molecule has 0 aliphatic carbocycles. The van der Waals surface area contributed by atoms with Crippen molar-refractivity contribution in [1.82, 2.24) is 5.32 Å². The van der Waals surface area contributed by atoms with E-state index in [1.165, 1.54) is 39.5 Å². The molecule has 1 amide bonds. The molecule has 1 aliphatic rings. The van der Waals surface area contributed by atoms with Crippen LogP contribution in [0.2, 0.25) is 0 Å². The highest BCUT2D eigenvalue weighted by atomic mass is 32.2. The Hall–Kier alpha value is -1.81. The topological polar surface area (TPSA) is 117 Å². The molecule has 148 valence electrons. The van der Waals surface area contributed by atoms with Crippen LogP contribution in [0.25, 0.3) is 0 Å². The van der Waals surface area contributed by atoms with Gasteiger partial charge in [-0.25, -0.2) is 0 Å². The van der Waals surface area contributed by atoms with Gasteiger partial charge in [0, 0.05) is 27.7 Å². The van der Waals surface area contributed by atoms with Crippen LogP contribution in [0, 0.1) is 0 Å². The number of hydrogen-bond donors (Lipinski definition) is 1. The van der Waals surface area contributed by atoms with Crippen LogP contribution in [0.3, 0.4) is 0 Å². The summed E-state index contributed by atoms with van der Waals surface area (Å²) in [5.41, 5.74) is -0.520. The van der Waals surface area contributed by atoms with E-state index in [2.05, 4.69) is 5.32 Å². The molecular weight excluding hydrogens is 366 g/mol. The van der Waals surface area contributed by atoms with Gasteiger partial charge in [-0.2, -0.15) is 0 Å². The smallest absolute Gasteiger partial charge is 0.303 e. The van der Waals surface area contributed by atoms with Gasteiger partial charge in [0.05, 0.1) is 0 Å². The largest absolute Gasteiger partial charge is 0.462 e. The molecule has 1 heterocycles. The molecular formula is C16H25NO8S. The van der Waals surface area contributed by atoms with Crippen LogP contribution in [0.1, 0.15) is 34.6 Å². The third-order valence-corrected chi connectivity index (χ3v) is 4.47. The average molecular weight is 391 g/mol. The summed E-state index contributed by atoms with van der Waals surface area (Å²) in [4.78, 5) is 45.7. The first kappa shape index (κ1) is 22.2. The molecule has 0 aromatic carbocycles. The summed E-state index contributed by atoms with van der Waals surface area (Å²) in [7, 11) is 0. The quantitative estimate of drug-likeness (QED) is 0.463. The second-order valence-electron chi connectivity index (χ2n) is 5.68. The van der Waals surface area contributed by atoms with Gasteiger partial charge in [-0.1, -0.05) is 6.92 Å². The second-order valence-corrected chi connectivity index (χ2v) is 7.05. The van der Waals surface area contributed by atoms with Crippen molar-refractivity contribution in [3.8, 4) is 0 Å². The molecule has 1 aliphatic heterocycles. The van der Waals surface area contributed by atoms with Crippen LogP contribution in [0.15, 0.2) is 0 Å². The van der Waals surface area contributed by atoms with Crippen LogP contribution in [-0.4, -0.2) is 66.0 Å². The highest BCUT2D eigenvalue weighted by Crippen LogP contribution is 2.34.